The van der Waals surface area contributed by atoms with E-state index in [1.165, 1.54) is 0 Å². The highest BCUT2D eigenvalue weighted by Crippen LogP contribution is 2.10. The van der Waals surface area contributed by atoms with Crippen LogP contribution >= 0.6 is 0 Å². The fourth-order valence-corrected chi connectivity index (χ4v) is 1.73. The average Bonchev–Trinajstić information content (AvgIpc) is 2.39. The van der Waals surface area contributed by atoms with Crippen molar-refractivity contribution in [2.45, 2.75) is 20.4 Å². The molecule has 0 saturated heterocycles. The third-order valence-corrected chi connectivity index (χ3v) is 2.77. The smallest absolute Gasteiger partial charge is 0.258 e. The lowest BCUT2D eigenvalue weighted by atomic mass is 10.1. The first-order chi connectivity index (χ1) is 9.10. The van der Waals surface area contributed by atoms with Crippen LogP contribution in [0.2, 0.25) is 0 Å². The molecule has 0 fully saturated rings. The lowest BCUT2D eigenvalue weighted by Crippen LogP contribution is -2.15. The number of nitrogens with one attached hydrogen (secondary N) is 1. The van der Waals surface area contributed by atoms with Crippen LogP contribution in [-0.2, 0) is 6.54 Å². The van der Waals surface area contributed by atoms with E-state index in [1.807, 2.05) is 26.0 Å². The highest BCUT2D eigenvalue weighted by Gasteiger charge is 2.10. The molecule has 2 aromatic heterocycles. The molecule has 0 unspecified atom stereocenters. The van der Waals surface area contributed by atoms with Crippen LogP contribution in [0.3, 0.4) is 0 Å². The highest BCUT2D eigenvalue weighted by molar-refractivity contribution is 6.04. The van der Waals surface area contributed by atoms with Gasteiger partial charge in [-0.05, 0) is 37.6 Å². The van der Waals surface area contributed by atoms with Gasteiger partial charge in [-0.25, -0.2) is 4.98 Å². The lowest BCUT2D eigenvalue weighted by molar-refractivity contribution is 0.102. The van der Waals surface area contributed by atoms with Crippen molar-refractivity contribution >= 4 is 11.7 Å². The summed E-state index contributed by atoms with van der Waals surface area (Å²) < 4.78 is 0. The molecule has 0 radical (unpaired) electrons. The van der Waals surface area contributed by atoms with Gasteiger partial charge in [-0.2, -0.15) is 0 Å². The van der Waals surface area contributed by atoms with Crippen molar-refractivity contribution in [1.82, 2.24) is 9.97 Å². The zero-order valence-corrected chi connectivity index (χ0v) is 11.0. The predicted molar refractivity (Wildman–Crippen MR) is 73.8 cm³/mol. The molecule has 0 aliphatic heterocycles. The third-order valence-electron chi connectivity index (χ3n) is 2.77. The molecular formula is C14H16N4O. The molecule has 2 rings (SSSR count). The lowest BCUT2D eigenvalue weighted by Gasteiger charge is -2.07. The average molecular weight is 256 g/mol. The number of carbonyl (C=O) groups is 1. The van der Waals surface area contributed by atoms with Gasteiger partial charge in [0.15, 0.2) is 0 Å². The molecular weight excluding hydrogens is 240 g/mol. The van der Waals surface area contributed by atoms with Gasteiger partial charge in [0.25, 0.3) is 5.91 Å². The molecule has 3 N–H and O–H groups in total. The van der Waals surface area contributed by atoms with Crippen LogP contribution in [-0.4, -0.2) is 15.9 Å². The van der Waals surface area contributed by atoms with Gasteiger partial charge in [-0.15, -0.1) is 0 Å². The molecule has 1 amide bonds. The van der Waals surface area contributed by atoms with Crippen LogP contribution < -0.4 is 11.1 Å². The topological polar surface area (TPSA) is 80.9 Å². The predicted octanol–water partition coefficient (Wildman–Crippen LogP) is 1.80. The first-order valence-electron chi connectivity index (χ1n) is 6.00. The Morgan fingerprint density at radius 1 is 1.26 bits per heavy atom. The van der Waals surface area contributed by atoms with E-state index in [4.69, 9.17) is 5.73 Å². The minimum absolute atomic E-state index is 0.210. The van der Waals surface area contributed by atoms with Crippen LogP contribution in [0.4, 0.5) is 5.82 Å². The van der Waals surface area contributed by atoms with Gasteiger partial charge in [-0.3, -0.25) is 9.78 Å². The number of amides is 1. The Morgan fingerprint density at radius 2 is 2.05 bits per heavy atom. The van der Waals surface area contributed by atoms with Crippen molar-refractivity contribution in [3.63, 3.8) is 0 Å². The van der Waals surface area contributed by atoms with E-state index in [9.17, 15) is 4.79 Å². The van der Waals surface area contributed by atoms with Crippen molar-refractivity contribution in [3.05, 3.63) is 53.0 Å². The summed E-state index contributed by atoms with van der Waals surface area (Å²) in [6.07, 6.45) is 1.65. The van der Waals surface area contributed by atoms with E-state index in [0.29, 0.717) is 23.6 Å². The van der Waals surface area contributed by atoms with E-state index in [-0.39, 0.29) is 5.91 Å². The SMILES string of the molecule is Cc1ccc(C(=O)Nc2ccc(CN)cn2)c(C)n1. The Kier molecular flexibility index (Phi) is 3.87. The number of carbonyl (C=O) groups excluding carboxylic acids is 1. The molecule has 98 valence electrons. The molecule has 19 heavy (non-hydrogen) atoms. The molecule has 0 atom stereocenters. The molecule has 2 heterocycles. The van der Waals surface area contributed by atoms with E-state index < -0.39 is 0 Å². The monoisotopic (exact) mass is 256 g/mol. The number of pyridine rings is 2. The van der Waals surface area contributed by atoms with Crippen LogP contribution in [0.1, 0.15) is 27.3 Å². The van der Waals surface area contributed by atoms with Crippen molar-refractivity contribution < 1.29 is 4.79 Å². The maximum Gasteiger partial charge on any atom is 0.258 e. The zero-order chi connectivity index (χ0) is 13.8. The molecule has 5 heteroatoms. The molecule has 0 aromatic carbocycles. The first kappa shape index (κ1) is 13.2. The minimum atomic E-state index is -0.210. The second-order valence-corrected chi connectivity index (χ2v) is 4.30. The number of hydrogen-bond acceptors (Lipinski definition) is 4. The van der Waals surface area contributed by atoms with Gasteiger partial charge in [0.2, 0.25) is 0 Å². The normalized spacial score (nSPS) is 10.3. The van der Waals surface area contributed by atoms with Crippen molar-refractivity contribution in [2.24, 2.45) is 5.73 Å². The van der Waals surface area contributed by atoms with Crippen molar-refractivity contribution in [3.8, 4) is 0 Å². The van der Waals surface area contributed by atoms with Gasteiger partial charge in [0, 0.05) is 18.4 Å². The maximum absolute atomic E-state index is 12.1. The summed E-state index contributed by atoms with van der Waals surface area (Å²) in [5, 5.41) is 2.74. The number of nitrogens with two attached hydrogens (primary N) is 1. The van der Waals surface area contributed by atoms with E-state index in [0.717, 1.165) is 11.3 Å². The number of aromatic nitrogens is 2. The number of rotatable bonds is 3. The summed E-state index contributed by atoms with van der Waals surface area (Å²) in [6.45, 7) is 4.14. The largest absolute Gasteiger partial charge is 0.326 e. The second-order valence-electron chi connectivity index (χ2n) is 4.30. The quantitative estimate of drug-likeness (QED) is 0.877. The van der Waals surface area contributed by atoms with Crippen molar-refractivity contribution in [1.29, 1.82) is 0 Å². The van der Waals surface area contributed by atoms with Gasteiger partial charge >= 0.3 is 0 Å². The maximum atomic E-state index is 12.1. The van der Waals surface area contributed by atoms with Gasteiger partial charge < -0.3 is 11.1 Å². The third kappa shape index (κ3) is 3.14. The van der Waals surface area contributed by atoms with Crippen LogP contribution in [0.25, 0.3) is 0 Å². The van der Waals surface area contributed by atoms with Crippen LogP contribution in [0.15, 0.2) is 30.5 Å². The summed E-state index contributed by atoms with van der Waals surface area (Å²) in [6, 6.07) is 7.15. The minimum Gasteiger partial charge on any atom is -0.326 e. The number of anilines is 1. The van der Waals surface area contributed by atoms with E-state index >= 15 is 0 Å². The Bertz CT molecular complexity index is 593. The molecule has 5 nitrogen and oxygen atoms in total. The van der Waals surface area contributed by atoms with Crippen LogP contribution in [0, 0.1) is 13.8 Å². The summed E-state index contributed by atoms with van der Waals surface area (Å²) in [5.41, 5.74) is 8.56. The Morgan fingerprint density at radius 3 is 2.63 bits per heavy atom. The summed E-state index contributed by atoms with van der Waals surface area (Å²) in [4.78, 5) is 20.5. The number of nitrogens with zero attached hydrogens (tertiary/aromatic N) is 2. The number of hydrogen-bond donors (Lipinski definition) is 2. The molecule has 0 aliphatic rings. The van der Waals surface area contributed by atoms with Gasteiger partial charge in [-0.1, -0.05) is 6.07 Å². The standard InChI is InChI=1S/C14H16N4O/c1-9-3-5-12(10(2)17-9)14(19)18-13-6-4-11(7-15)8-16-13/h3-6,8H,7,15H2,1-2H3,(H,16,18,19). The molecule has 0 spiro atoms. The zero-order valence-electron chi connectivity index (χ0n) is 11.0. The Labute approximate surface area is 111 Å². The first-order valence-corrected chi connectivity index (χ1v) is 6.00. The fraction of sp³-hybridized carbons (Fsp3) is 0.214. The van der Waals surface area contributed by atoms with Crippen LogP contribution in [0.5, 0.6) is 0 Å². The summed E-state index contributed by atoms with van der Waals surface area (Å²) in [5.74, 6) is 0.292. The molecule has 0 bridgehead atoms. The van der Waals surface area contributed by atoms with E-state index in [2.05, 4.69) is 15.3 Å². The van der Waals surface area contributed by atoms with Gasteiger partial charge in [0.05, 0.1) is 11.3 Å². The van der Waals surface area contributed by atoms with E-state index in [1.54, 1.807) is 18.3 Å². The van der Waals surface area contributed by atoms with Crippen molar-refractivity contribution in [2.75, 3.05) is 5.32 Å². The molecule has 0 aliphatic carbocycles. The highest BCUT2D eigenvalue weighted by atomic mass is 16.1. The molecule has 2 aromatic rings. The number of aryl methyl sites for hydroxylation is 2. The fourth-order valence-electron chi connectivity index (χ4n) is 1.73. The Hall–Kier alpha value is -2.27. The molecule has 0 saturated carbocycles. The Balaban J connectivity index is 2.15. The summed E-state index contributed by atoms with van der Waals surface area (Å²) in [7, 11) is 0. The summed E-state index contributed by atoms with van der Waals surface area (Å²) >= 11 is 0. The second kappa shape index (κ2) is 5.58. The van der Waals surface area contributed by atoms with Gasteiger partial charge in [0.1, 0.15) is 5.82 Å².